The summed E-state index contributed by atoms with van der Waals surface area (Å²) in [4.78, 5) is 11.7. The number of benzene rings is 1. The Morgan fingerprint density at radius 1 is 1.31 bits per heavy atom. The number of rotatable bonds is 2. The number of nitrogen functional groups attached to an aromatic ring is 1. The van der Waals surface area contributed by atoms with Crippen LogP contribution in [0.15, 0.2) is 35.4 Å². The molecule has 0 atom stereocenters. The Morgan fingerprint density at radius 2 is 2.06 bits per heavy atom. The summed E-state index contributed by atoms with van der Waals surface area (Å²) in [6.07, 6.45) is 3.54. The predicted molar refractivity (Wildman–Crippen MR) is 64.4 cm³/mol. The van der Waals surface area contributed by atoms with E-state index in [9.17, 15) is 4.79 Å². The molecule has 0 aliphatic heterocycles. The minimum atomic E-state index is -0.0122. The van der Waals surface area contributed by atoms with E-state index in [1.807, 2.05) is 25.1 Å². The second kappa shape index (κ2) is 3.89. The topological polar surface area (TPSA) is 52.9 Å². The molecule has 84 valence electrons. The maximum atomic E-state index is 11.7. The van der Waals surface area contributed by atoms with Gasteiger partial charge in [-0.3, -0.25) is 4.57 Å². The third-order valence-corrected chi connectivity index (χ3v) is 2.85. The van der Waals surface area contributed by atoms with Gasteiger partial charge >= 0.3 is 5.69 Å². The number of aromatic nitrogens is 2. The fourth-order valence-electron chi connectivity index (χ4n) is 1.69. The molecule has 4 nitrogen and oxygen atoms in total. The summed E-state index contributed by atoms with van der Waals surface area (Å²) in [5, 5.41) is 0. The largest absolute Gasteiger partial charge is 0.399 e. The molecule has 0 spiro atoms. The lowest BCUT2D eigenvalue weighted by Gasteiger charge is -2.08. The van der Waals surface area contributed by atoms with E-state index in [4.69, 9.17) is 5.73 Å². The minimum absolute atomic E-state index is 0.0122. The van der Waals surface area contributed by atoms with Crippen molar-refractivity contribution in [2.75, 3.05) is 5.73 Å². The number of aryl methyl sites for hydroxylation is 1. The zero-order valence-corrected chi connectivity index (χ0v) is 9.47. The van der Waals surface area contributed by atoms with Gasteiger partial charge in [0.25, 0.3) is 0 Å². The van der Waals surface area contributed by atoms with Crippen LogP contribution < -0.4 is 11.4 Å². The summed E-state index contributed by atoms with van der Waals surface area (Å²) >= 11 is 0. The molecular weight excluding hydrogens is 202 g/mol. The second-order valence-corrected chi connectivity index (χ2v) is 3.95. The van der Waals surface area contributed by atoms with Gasteiger partial charge in [-0.15, -0.1) is 0 Å². The van der Waals surface area contributed by atoms with Crippen molar-refractivity contribution in [2.45, 2.75) is 13.5 Å². The molecule has 1 aromatic heterocycles. The highest BCUT2D eigenvalue weighted by Gasteiger charge is 2.04. The molecule has 16 heavy (non-hydrogen) atoms. The van der Waals surface area contributed by atoms with Crippen molar-refractivity contribution in [1.29, 1.82) is 0 Å². The smallest absolute Gasteiger partial charge is 0.328 e. The average molecular weight is 217 g/mol. The Balaban J connectivity index is 2.38. The Bertz CT molecular complexity index is 566. The molecule has 0 radical (unpaired) electrons. The Hall–Kier alpha value is -1.97. The molecule has 2 rings (SSSR count). The highest BCUT2D eigenvalue weighted by molar-refractivity contribution is 5.49. The molecule has 1 aromatic carbocycles. The van der Waals surface area contributed by atoms with Crippen molar-refractivity contribution in [3.05, 3.63) is 52.2 Å². The van der Waals surface area contributed by atoms with Gasteiger partial charge < -0.3 is 10.3 Å². The van der Waals surface area contributed by atoms with Crippen molar-refractivity contribution in [2.24, 2.45) is 7.05 Å². The van der Waals surface area contributed by atoms with E-state index in [1.54, 1.807) is 28.6 Å². The van der Waals surface area contributed by atoms with Crippen LogP contribution in [-0.2, 0) is 13.6 Å². The summed E-state index contributed by atoms with van der Waals surface area (Å²) in [6, 6.07) is 5.77. The average Bonchev–Trinajstić information content (AvgIpc) is 2.57. The van der Waals surface area contributed by atoms with Crippen LogP contribution in [0.4, 0.5) is 5.69 Å². The fraction of sp³-hybridized carbons (Fsp3) is 0.250. The van der Waals surface area contributed by atoms with Gasteiger partial charge in [0.05, 0.1) is 6.54 Å². The monoisotopic (exact) mass is 217 g/mol. The van der Waals surface area contributed by atoms with Gasteiger partial charge in [0.15, 0.2) is 0 Å². The van der Waals surface area contributed by atoms with Crippen molar-refractivity contribution in [3.8, 4) is 0 Å². The van der Waals surface area contributed by atoms with Crippen LogP contribution in [0.2, 0.25) is 0 Å². The lowest BCUT2D eigenvalue weighted by Crippen LogP contribution is -2.22. The van der Waals surface area contributed by atoms with Crippen molar-refractivity contribution in [1.82, 2.24) is 9.13 Å². The van der Waals surface area contributed by atoms with Gasteiger partial charge in [-0.25, -0.2) is 4.79 Å². The molecule has 0 saturated carbocycles. The van der Waals surface area contributed by atoms with Crippen LogP contribution >= 0.6 is 0 Å². The molecule has 0 fully saturated rings. The van der Waals surface area contributed by atoms with Gasteiger partial charge in [0, 0.05) is 25.1 Å². The standard InChI is InChI=1S/C12H15N3O/c1-9-10(4-3-5-11(9)13)8-15-7-6-14(2)12(15)16/h3-7H,8,13H2,1-2H3. The molecule has 0 aliphatic carbocycles. The first kappa shape index (κ1) is 10.5. The summed E-state index contributed by atoms with van der Waals surface area (Å²) < 4.78 is 3.23. The lowest BCUT2D eigenvalue weighted by atomic mass is 10.1. The zero-order valence-electron chi connectivity index (χ0n) is 9.47. The number of nitrogens with two attached hydrogens (primary N) is 1. The quantitative estimate of drug-likeness (QED) is 0.766. The van der Waals surface area contributed by atoms with Gasteiger partial charge in [-0.1, -0.05) is 12.1 Å². The van der Waals surface area contributed by atoms with Crippen LogP contribution in [0.5, 0.6) is 0 Å². The number of imidazole rings is 1. The molecule has 2 N–H and O–H groups in total. The highest BCUT2D eigenvalue weighted by Crippen LogP contribution is 2.15. The predicted octanol–water partition coefficient (Wildman–Crippen LogP) is 1.13. The van der Waals surface area contributed by atoms with E-state index in [2.05, 4.69) is 0 Å². The fourth-order valence-corrected chi connectivity index (χ4v) is 1.69. The number of hydrogen-bond acceptors (Lipinski definition) is 2. The highest BCUT2D eigenvalue weighted by atomic mass is 16.1. The maximum absolute atomic E-state index is 11.7. The molecular formula is C12H15N3O. The first-order chi connectivity index (χ1) is 7.59. The van der Waals surface area contributed by atoms with E-state index >= 15 is 0 Å². The van der Waals surface area contributed by atoms with E-state index in [0.29, 0.717) is 6.54 Å². The molecule has 1 heterocycles. The van der Waals surface area contributed by atoms with E-state index in [0.717, 1.165) is 16.8 Å². The first-order valence-electron chi connectivity index (χ1n) is 5.15. The SMILES string of the molecule is Cc1c(N)cccc1Cn1ccn(C)c1=O. The Labute approximate surface area is 93.9 Å². The van der Waals surface area contributed by atoms with Gasteiger partial charge in [0.1, 0.15) is 0 Å². The molecule has 0 bridgehead atoms. The normalized spacial score (nSPS) is 10.6. The van der Waals surface area contributed by atoms with E-state index < -0.39 is 0 Å². The van der Waals surface area contributed by atoms with Crippen LogP contribution in [-0.4, -0.2) is 9.13 Å². The summed E-state index contributed by atoms with van der Waals surface area (Å²) in [7, 11) is 1.74. The zero-order chi connectivity index (χ0) is 11.7. The van der Waals surface area contributed by atoms with Crippen molar-refractivity contribution >= 4 is 5.69 Å². The van der Waals surface area contributed by atoms with E-state index in [1.165, 1.54) is 0 Å². The third kappa shape index (κ3) is 1.74. The minimum Gasteiger partial charge on any atom is -0.399 e. The maximum Gasteiger partial charge on any atom is 0.328 e. The number of hydrogen-bond donors (Lipinski definition) is 1. The lowest BCUT2D eigenvalue weighted by molar-refractivity contribution is 0.715. The van der Waals surface area contributed by atoms with Gasteiger partial charge in [0.2, 0.25) is 0 Å². The van der Waals surface area contributed by atoms with Gasteiger partial charge in [-0.05, 0) is 24.1 Å². The Kier molecular flexibility index (Phi) is 2.56. The summed E-state index contributed by atoms with van der Waals surface area (Å²) in [5.74, 6) is 0. The Morgan fingerprint density at radius 3 is 2.69 bits per heavy atom. The van der Waals surface area contributed by atoms with Crippen LogP contribution in [0, 0.1) is 6.92 Å². The number of anilines is 1. The summed E-state index contributed by atoms with van der Waals surface area (Å²) in [5.41, 5.74) is 8.70. The van der Waals surface area contributed by atoms with Crippen molar-refractivity contribution < 1.29 is 0 Å². The molecule has 0 unspecified atom stereocenters. The number of nitrogens with zero attached hydrogens (tertiary/aromatic N) is 2. The molecule has 2 aromatic rings. The summed E-state index contributed by atoms with van der Waals surface area (Å²) in [6.45, 7) is 2.54. The molecule has 0 saturated heterocycles. The van der Waals surface area contributed by atoms with E-state index in [-0.39, 0.29) is 5.69 Å². The molecule has 0 amide bonds. The second-order valence-electron chi connectivity index (χ2n) is 3.95. The third-order valence-electron chi connectivity index (χ3n) is 2.85. The van der Waals surface area contributed by atoms with Crippen molar-refractivity contribution in [3.63, 3.8) is 0 Å². The molecule has 0 aliphatic rings. The van der Waals surface area contributed by atoms with Crippen LogP contribution in [0.3, 0.4) is 0 Å². The van der Waals surface area contributed by atoms with Crippen LogP contribution in [0.1, 0.15) is 11.1 Å². The first-order valence-corrected chi connectivity index (χ1v) is 5.15. The molecule has 4 heteroatoms. The van der Waals surface area contributed by atoms with Crippen LogP contribution in [0.25, 0.3) is 0 Å². The van der Waals surface area contributed by atoms with Gasteiger partial charge in [-0.2, -0.15) is 0 Å².